The van der Waals surface area contributed by atoms with Crippen LogP contribution in [0.4, 0.5) is 5.69 Å². The molecule has 0 spiro atoms. The van der Waals surface area contributed by atoms with Crippen LogP contribution in [-0.4, -0.2) is 34.3 Å². The van der Waals surface area contributed by atoms with Crippen molar-refractivity contribution in [2.45, 2.75) is 11.4 Å². The van der Waals surface area contributed by atoms with Crippen LogP contribution in [0.25, 0.3) is 0 Å². The van der Waals surface area contributed by atoms with Gasteiger partial charge in [0.1, 0.15) is 10.6 Å². The number of sulfonamides is 1. The lowest BCUT2D eigenvalue weighted by atomic mass is 10.2. The average molecular weight is 346 g/mol. The Hall–Kier alpha value is -3.07. The summed E-state index contributed by atoms with van der Waals surface area (Å²) in [7, 11) is -3.85. The van der Waals surface area contributed by atoms with Gasteiger partial charge in [-0.25, -0.2) is 13.2 Å². The molecule has 0 aliphatic heterocycles. The van der Waals surface area contributed by atoms with E-state index in [1.165, 1.54) is 0 Å². The first-order chi connectivity index (χ1) is 11.4. The minimum Gasteiger partial charge on any atom is -0.477 e. The molecule has 3 aromatic rings. The SMILES string of the molecule is O=C(O)c1cc(S(=O)(=O)Nc2ccc(Cn3cccn3)cc2)c[nH]1. The van der Waals surface area contributed by atoms with Gasteiger partial charge >= 0.3 is 5.97 Å². The molecule has 0 radical (unpaired) electrons. The number of aromatic amines is 1. The van der Waals surface area contributed by atoms with Crippen molar-refractivity contribution in [3.05, 3.63) is 66.2 Å². The minimum atomic E-state index is -3.85. The van der Waals surface area contributed by atoms with E-state index in [1.807, 2.05) is 12.3 Å². The van der Waals surface area contributed by atoms with Crippen LogP contribution in [0.5, 0.6) is 0 Å². The Balaban J connectivity index is 1.73. The molecule has 9 heteroatoms. The van der Waals surface area contributed by atoms with E-state index in [2.05, 4.69) is 14.8 Å². The van der Waals surface area contributed by atoms with Crippen molar-refractivity contribution in [1.29, 1.82) is 0 Å². The Morgan fingerprint density at radius 1 is 1.29 bits per heavy atom. The highest BCUT2D eigenvalue weighted by atomic mass is 32.2. The van der Waals surface area contributed by atoms with Gasteiger partial charge in [-0.3, -0.25) is 9.40 Å². The van der Waals surface area contributed by atoms with Crippen LogP contribution >= 0.6 is 0 Å². The van der Waals surface area contributed by atoms with E-state index >= 15 is 0 Å². The Labute approximate surface area is 137 Å². The van der Waals surface area contributed by atoms with Gasteiger partial charge in [-0.1, -0.05) is 12.1 Å². The van der Waals surface area contributed by atoms with Crippen LogP contribution in [0.1, 0.15) is 16.1 Å². The maximum Gasteiger partial charge on any atom is 0.352 e. The molecule has 3 rings (SSSR count). The van der Waals surface area contributed by atoms with Gasteiger partial charge in [0.25, 0.3) is 10.0 Å². The van der Waals surface area contributed by atoms with E-state index in [-0.39, 0.29) is 10.6 Å². The molecule has 0 saturated heterocycles. The zero-order valence-electron chi connectivity index (χ0n) is 12.4. The first-order valence-corrected chi connectivity index (χ1v) is 8.43. The molecule has 0 aliphatic rings. The van der Waals surface area contributed by atoms with E-state index in [0.29, 0.717) is 12.2 Å². The van der Waals surface area contributed by atoms with Crippen molar-refractivity contribution in [1.82, 2.24) is 14.8 Å². The molecule has 0 fully saturated rings. The molecule has 0 saturated carbocycles. The fraction of sp³-hybridized carbons (Fsp3) is 0.0667. The van der Waals surface area contributed by atoms with Gasteiger partial charge in [0.05, 0.1) is 6.54 Å². The van der Waals surface area contributed by atoms with Crippen molar-refractivity contribution >= 4 is 21.7 Å². The number of nitrogens with one attached hydrogen (secondary N) is 2. The van der Waals surface area contributed by atoms with E-state index in [9.17, 15) is 13.2 Å². The van der Waals surface area contributed by atoms with Crippen LogP contribution in [0.2, 0.25) is 0 Å². The Kier molecular flexibility index (Phi) is 4.09. The molecule has 0 aliphatic carbocycles. The lowest BCUT2D eigenvalue weighted by molar-refractivity contribution is 0.0691. The number of hydrogen-bond acceptors (Lipinski definition) is 4. The fourth-order valence-electron chi connectivity index (χ4n) is 2.13. The zero-order valence-corrected chi connectivity index (χ0v) is 13.2. The summed E-state index contributed by atoms with van der Waals surface area (Å²) in [5.74, 6) is -1.22. The number of anilines is 1. The number of aromatic carboxylic acids is 1. The first-order valence-electron chi connectivity index (χ1n) is 6.95. The van der Waals surface area contributed by atoms with Gasteiger partial charge in [0.15, 0.2) is 0 Å². The maximum atomic E-state index is 12.2. The normalized spacial score (nSPS) is 11.3. The van der Waals surface area contributed by atoms with E-state index in [0.717, 1.165) is 17.8 Å². The highest BCUT2D eigenvalue weighted by Gasteiger charge is 2.18. The highest BCUT2D eigenvalue weighted by Crippen LogP contribution is 2.18. The van der Waals surface area contributed by atoms with Crippen LogP contribution in [-0.2, 0) is 16.6 Å². The van der Waals surface area contributed by atoms with Crippen LogP contribution in [0.15, 0.2) is 59.9 Å². The molecular formula is C15H14N4O4S. The van der Waals surface area contributed by atoms with E-state index in [1.54, 1.807) is 35.1 Å². The summed E-state index contributed by atoms with van der Waals surface area (Å²) in [5.41, 5.74) is 1.17. The number of carbonyl (C=O) groups is 1. The predicted octanol–water partition coefficient (Wildman–Crippen LogP) is 1.76. The quantitative estimate of drug-likeness (QED) is 0.629. The summed E-state index contributed by atoms with van der Waals surface area (Å²) in [4.78, 5) is 13.1. The molecule has 3 N–H and O–H groups in total. The number of H-pyrrole nitrogens is 1. The second-order valence-electron chi connectivity index (χ2n) is 5.06. The van der Waals surface area contributed by atoms with Crippen molar-refractivity contribution in [3.63, 3.8) is 0 Å². The van der Waals surface area contributed by atoms with Crippen LogP contribution in [0.3, 0.4) is 0 Å². The summed E-state index contributed by atoms with van der Waals surface area (Å²) in [5, 5.41) is 12.9. The van der Waals surface area contributed by atoms with Crippen LogP contribution in [0, 0.1) is 0 Å². The Morgan fingerprint density at radius 3 is 2.62 bits per heavy atom. The molecule has 0 atom stereocenters. The number of carboxylic acid groups (broad SMARTS) is 1. The minimum absolute atomic E-state index is 0.138. The molecule has 124 valence electrons. The third kappa shape index (κ3) is 3.46. The molecule has 2 heterocycles. The molecule has 0 amide bonds. The molecule has 0 unspecified atom stereocenters. The third-order valence-electron chi connectivity index (χ3n) is 3.31. The number of aromatic nitrogens is 3. The molecule has 24 heavy (non-hydrogen) atoms. The van der Waals surface area contributed by atoms with E-state index in [4.69, 9.17) is 5.11 Å². The zero-order chi connectivity index (χ0) is 17.2. The van der Waals surface area contributed by atoms with Gasteiger partial charge in [-0.15, -0.1) is 0 Å². The lowest BCUT2D eigenvalue weighted by Gasteiger charge is -2.08. The topological polar surface area (TPSA) is 117 Å². The second kappa shape index (κ2) is 6.20. The van der Waals surface area contributed by atoms with Crippen molar-refractivity contribution < 1.29 is 18.3 Å². The van der Waals surface area contributed by atoms with Gasteiger partial charge in [-0.05, 0) is 29.8 Å². The van der Waals surface area contributed by atoms with Crippen molar-refractivity contribution in [2.75, 3.05) is 4.72 Å². The lowest BCUT2D eigenvalue weighted by Crippen LogP contribution is -2.12. The monoisotopic (exact) mass is 346 g/mol. The van der Waals surface area contributed by atoms with Crippen molar-refractivity contribution in [2.24, 2.45) is 0 Å². The summed E-state index contributed by atoms with van der Waals surface area (Å²) in [6, 6.07) is 9.75. The second-order valence-corrected chi connectivity index (χ2v) is 6.74. The average Bonchev–Trinajstić information content (AvgIpc) is 3.20. The molecular weight excluding hydrogens is 332 g/mol. The smallest absolute Gasteiger partial charge is 0.352 e. The summed E-state index contributed by atoms with van der Waals surface area (Å²) in [6.07, 6.45) is 4.66. The summed E-state index contributed by atoms with van der Waals surface area (Å²) in [6.45, 7) is 0.583. The van der Waals surface area contributed by atoms with Gasteiger partial charge in [0.2, 0.25) is 0 Å². The molecule has 2 aromatic heterocycles. The van der Waals surface area contributed by atoms with Crippen LogP contribution < -0.4 is 4.72 Å². The van der Waals surface area contributed by atoms with Gasteiger partial charge < -0.3 is 10.1 Å². The number of hydrogen-bond donors (Lipinski definition) is 3. The van der Waals surface area contributed by atoms with Gasteiger partial charge in [0, 0.05) is 24.3 Å². The highest BCUT2D eigenvalue weighted by molar-refractivity contribution is 7.92. The van der Waals surface area contributed by atoms with E-state index < -0.39 is 16.0 Å². The van der Waals surface area contributed by atoms with Gasteiger partial charge in [-0.2, -0.15) is 5.10 Å². The van der Waals surface area contributed by atoms with Crippen molar-refractivity contribution in [3.8, 4) is 0 Å². The predicted molar refractivity (Wildman–Crippen MR) is 86.3 cm³/mol. The first kappa shape index (κ1) is 15.8. The molecule has 0 bridgehead atoms. The molecule has 1 aromatic carbocycles. The largest absolute Gasteiger partial charge is 0.477 e. The Morgan fingerprint density at radius 2 is 2.04 bits per heavy atom. The number of nitrogens with zero attached hydrogens (tertiary/aromatic N) is 2. The standard InChI is InChI=1S/C15H14N4O4S/c20-15(21)14-8-13(9-16-14)24(22,23)18-12-4-2-11(3-5-12)10-19-7-1-6-17-19/h1-9,16,18H,10H2,(H,20,21). The number of rotatable bonds is 6. The third-order valence-corrected chi connectivity index (χ3v) is 4.67. The number of carboxylic acids is 1. The summed E-state index contributed by atoms with van der Waals surface area (Å²) < 4.78 is 28.6. The molecule has 8 nitrogen and oxygen atoms in total. The summed E-state index contributed by atoms with van der Waals surface area (Å²) >= 11 is 0. The fourth-order valence-corrected chi connectivity index (χ4v) is 3.18. The number of benzene rings is 1. The Bertz CT molecular complexity index is 944. The maximum absolute atomic E-state index is 12.2.